The average molecular weight is 399 g/mol. The number of piperidine rings is 1. The van der Waals surface area contributed by atoms with Crippen LogP contribution in [0.2, 0.25) is 0 Å². The van der Waals surface area contributed by atoms with E-state index in [9.17, 15) is 32.9 Å². The van der Waals surface area contributed by atoms with Crippen molar-refractivity contribution in [2.75, 3.05) is 13.1 Å². The minimum absolute atomic E-state index is 0.0538. The van der Waals surface area contributed by atoms with Gasteiger partial charge in [-0.1, -0.05) is 18.2 Å². The lowest BCUT2D eigenvalue weighted by molar-refractivity contribution is -0.383. The zero-order valence-corrected chi connectivity index (χ0v) is 14.4. The van der Waals surface area contributed by atoms with Gasteiger partial charge in [0.2, 0.25) is 0 Å². The van der Waals surface area contributed by atoms with Crippen molar-refractivity contribution >= 4 is 28.5 Å². The highest BCUT2D eigenvalue weighted by Gasteiger charge is 2.43. The molecule has 1 aromatic heterocycles. The molecular formula is C17H16F3N3O5. The van der Waals surface area contributed by atoms with E-state index in [1.165, 1.54) is 6.07 Å². The lowest BCUT2D eigenvalue weighted by Gasteiger charge is -2.30. The molecule has 1 aliphatic heterocycles. The number of non-ortho nitro benzene ring substituents is 1. The van der Waals surface area contributed by atoms with Gasteiger partial charge < -0.3 is 10.0 Å². The van der Waals surface area contributed by atoms with Gasteiger partial charge in [-0.2, -0.15) is 13.2 Å². The first-order valence-electron chi connectivity index (χ1n) is 8.18. The number of para-hydroxylation sites is 1. The number of amides is 1. The first kappa shape index (κ1) is 21.1. The third kappa shape index (κ3) is 5.15. The van der Waals surface area contributed by atoms with Crippen molar-refractivity contribution in [1.82, 2.24) is 9.88 Å². The van der Waals surface area contributed by atoms with Crippen LogP contribution in [-0.2, 0) is 9.59 Å². The molecule has 3 rings (SSSR count). The summed E-state index contributed by atoms with van der Waals surface area (Å²) < 4.78 is 35.9. The predicted octanol–water partition coefficient (Wildman–Crippen LogP) is 3.01. The van der Waals surface area contributed by atoms with Crippen LogP contribution in [-0.4, -0.2) is 51.1 Å². The third-order valence-electron chi connectivity index (χ3n) is 4.18. The fourth-order valence-corrected chi connectivity index (χ4v) is 2.74. The first-order chi connectivity index (χ1) is 13.1. The van der Waals surface area contributed by atoms with Crippen molar-refractivity contribution in [3.63, 3.8) is 0 Å². The van der Waals surface area contributed by atoms with Gasteiger partial charge in [0.1, 0.15) is 5.52 Å². The zero-order chi connectivity index (χ0) is 20.9. The predicted molar refractivity (Wildman–Crippen MR) is 91.4 cm³/mol. The van der Waals surface area contributed by atoms with Gasteiger partial charge in [-0.3, -0.25) is 19.7 Å². The van der Waals surface area contributed by atoms with Crippen LogP contribution in [0.1, 0.15) is 12.8 Å². The number of carboxylic acids is 1. The lowest BCUT2D eigenvalue weighted by atomic mass is 9.97. The summed E-state index contributed by atoms with van der Waals surface area (Å²) in [7, 11) is 0. The molecule has 1 saturated heterocycles. The Kier molecular flexibility index (Phi) is 6.49. The Bertz CT molecular complexity index is 874. The van der Waals surface area contributed by atoms with Crippen molar-refractivity contribution < 1.29 is 32.8 Å². The molecule has 0 bridgehead atoms. The van der Waals surface area contributed by atoms with Crippen molar-refractivity contribution in [3.05, 3.63) is 46.6 Å². The van der Waals surface area contributed by atoms with Crippen LogP contribution in [0.25, 0.3) is 10.9 Å². The number of hydrogen-bond acceptors (Lipinski definition) is 5. The Hall–Kier alpha value is -3.24. The van der Waals surface area contributed by atoms with Crippen molar-refractivity contribution in [1.29, 1.82) is 0 Å². The van der Waals surface area contributed by atoms with E-state index in [1.807, 2.05) is 0 Å². The number of rotatable bonds is 2. The van der Waals surface area contributed by atoms with Crippen LogP contribution in [0, 0.1) is 16.0 Å². The molecule has 1 aromatic carbocycles. The maximum atomic E-state index is 12.0. The fraction of sp³-hybridized carbons (Fsp3) is 0.353. The molecule has 2 heterocycles. The van der Waals surface area contributed by atoms with E-state index >= 15 is 0 Å². The Balaban J connectivity index is 0.000000202. The summed E-state index contributed by atoms with van der Waals surface area (Å²) in [6.07, 6.45) is -3.15. The number of carboxylic acid groups (broad SMARTS) is 1. The van der Waals surface area contributed by atoms with Gasteiger partial charge in [0.05, 0.1) is 10.8 Å². The second-order valence-electron chi connectivity index (χ2n) is 6.01. The molecule has 1 aliphatic rings. The molecule has 8 nitrogen and oxygen atoms in total. The minimum atomic E-state index is -4.87. The van der Waals surface area contributed by atoms with Gasteiger partial charge >= 0.3 is 18.1 Å². The van der Waals surface area contributed by atoms with Crippen molar-refractivity contribution in [2.24, 2.45) is 5.92 Å². The Morgan fingerprint density at radius 2 is 1.79 bits per heavy atom. The van der Waals surface area contributed by atoms with Gasteiger partial charge in [-0.05, 0) is 18.9 Å². The van der Waals surface area contributed by atoms with Gasteiger partial charge in [0.15, 0.2) is 0 Å². The molecule has 0 aliphatic carbocycles. The van der Waals surface area contributed by atoms with E-state index in [4.69, 9.17) is 5.11 Å². The molecule has 1 N–H and O–H groups in total. The van der Waals surface area contributed by atoms with Crippen LogP contribution in [0.4, 0.5) is 18.9 Å². The monoisotopic (exact) mass is 399 g/mol. The SMILES string of the molecule is O=C(O)C1CCN(C(=O)C(F)(F)F)CC1.O=[N+]([O-])c1cccc2cccnc12. The van der Waals surface area contributed by atoms with E-state index in [0.717, 1.165) is 5.39 Å². The maximum Gasteiger partial charge on any atom is 0.471 e. The highest BCUT2D eigenvalue weighted by molar-refractivity contribution is 5.86. The number of carbonyl (C=O) groups excluding carboxylic acids is 1. The Morgan fingerprint density at radius 1 is 1.18 bits per heavy atom. The number of hydrogen-bond donors (Lipinski definition) is 1. The fourth-order valence-electron chi connectivity index (χ4n) is 2.74. The quantitative estimate of drug-likeness (QED) is 0.613. The number of nitro benzene ring substituents is 1. The summed E-state index contributed by atoms with van der Waals surface area (Å²) in [5, 5.41) is 20.0. The smallest absolute Gasteiger partial charge is 0.471 e. The van der Waals surface area contributed by atoms with Crippen molar-refractivity contribution in [3.8, 4) is 0 Å². The zero-order valence-electron chi connectivity index (χ0n) is 14.4. The summed E-state index contributed by atoms with van der Waals surface area (Å²) in [6.45, 7) is -0.287. The van der Waals surface area contributed by atoms with Crippen LogP contribution in [0.5, 0.6) is 0 Å². The summed E-state index contributed by atoms with van der Waals surface area (Å²) in [4.78, 5) is 36.0. The minimum Gasteiger partial charge on any atom is -0.481 e. The van der Waals surface area contributed by atoms with E-state index in [2.05, 4.69) is 4.98 Å². The molecule has 1 fully saturated rings. The first-order valence-corrected chi connectivity index (χ1v) is 8.18. The molecule has 1 amide bonds. The van der Waals surface area contributed by atoms with E-state index < -0.39 is 28.9 Å². The van der Waals surface area contributed by atoms with E-state index in [-0.39, 0.29) is 31.6 Å². The van der Waals surface area contributed by atoms with Crippen LogP contribution in [0.15, 0.2) is 36.5 Å². The molecule has 2 aromatic rings. The number of alkyl halides is 3. The lowest BCUT2D eigenvalue weighted by Crippen LogP contribution is -2.46. The summed E-state index contributed by atoms with van der Waals surface area (Å²) >= 11 is 0. The number of likely N-dealkylation sites (tertiary alicyclic amines) is 1. The van der Waals surface area contributed by atoms with E-state index in [1.54, 1.807) is 30.5 Å². The summed E-state index contributed by atoms with van der Waals surface area (Å²) in [5.41, 5.74) is 0.494. The number of nitrogens with zero attached hydrogens (tertiary/aromatic N) is 3. The normalized spacial score (nSPS) is 14.9. The maximum absolute atomic E-state index is 12.0. The number of aliphatic carboxylic acids is 1. The second kappa shape index (κ2) is 8.63. The molecule has 0 saturated carbocycles. The van der Waals surface area contributed by atoms with Gasteiger partial charge in [-0.15, -0.1) is 0 Å². The molecule has 0 spiro atoms. The standard InChI is InChI=1S/C9H6N2O2.C8H10F3NO3/c12-11(13)8-5-1-3-7-4-2-6-10-9(7)8;9-8(10,11)7(15)12-3-1-5(2-4-12)6(13)14/h1-6H;5H,1-4H2,(H,13,14). The van der Waals surface area contributed by atoms with Crippen molar-refractivity contribution in [2.45, 2.75) is 19.0 Å². The van der Waals surface area contributed by atoms with Gasteiger partial charge in [-0.25, -0.2) is 4.98 Å². The third-order valence-corrected chi connectivity index (χ3v) is 4.18. The average Bonchev–Trinajstić information content (AvgIpc) is 2.66. The highest BCUT2D eigenvalue weighted by Crippen LogP contribution is 2.24. The number of fused-ring (bicyclic) bond motifs is 1. The van der Waals surface area contributed by atoms with Crippen LogP contribution in [0.3, 0.4) is 0 Å². The number of aromatic nitrogens is 1. The van der Waals surface area contributed by atoms with Crippen LogP contribution < -0.4 is 0 Å². The number of halogens is 3. The van der Waals surface area contributed by atoms with E-state index in [0.29, 0.717) is 10.4 Å². The number of benzene rings is 1. The second-order valence-corrected chi connectivity index (χ2v) is 6.01. The Morgan fingerprint density at radius 3 is 2.32 bits per heavy atom. The topological polar surface area (TPSA) is 114 Å². The molecular weight excluding hydrogens is 383 g/mol. The van der Waals surface area contributed by atoms with Gasteiger partial charge in [0, 0.05) is 30.7 Å². The number of carbonyl (C=O) groups is 2. The summed E-state index contributed by atoms with van der Waals surface area (Å²) in [6, 6.07) is 8.47. The Labute approximate surface area is 156 Å². The van der Waals surface area contributed by atoms with Crippen LogP contribution >= 0.6 is 0 Å². The summed E-state index contributed by atoms with van der Waals surface area (Å²) in [5.74, 6) is -3.54. The molecule has 0 radical (unpaired) electrons. The molecule has 28 heavy (non-hydrogen) atoms. The molecule has 11 heteroatoms. The number of nitro groups is 1. The van der Waals surface area contributed by atoms with Gasteiger partial charge in [0.25, 0.3) is 5.69 Å². The number of pyridine rings is 1. The highest BCUT2D eigenvalue weighted by atomic mass is 19.4. The molecule has 0 unspecified atom stereocenters. The largest absolute Gasteiger partial charge is 0.481 e. The molecule has 150 valence electrons. The molecule has 0 atom stereocenters.